The molecule has 15 heteroatoms. The lowest BCUT2D eigenvalue weighted by molar-refractivity contribution is -0.169. The minimum atomic E-state index is -4.44. The number of aliphatic hydroxyl groups is 2. The molecule has 0 spiro atoms. The van der Waals surface area contributed by atoms with Crippen molar-refractivity contribution < 1.29 is 50.1 Å². The quantitative estimate of drug-likeness (QED) is 0.363. The number of carbonyl (C=O) groups excluding carboxylic acids is 1. The van der Waals surface area contributed by atoms with Crippen molar-refractivity contribution >= 4 is 17.5 Å². The van der Waals surface area contributed by atoms with Crippen LogP contribution in [0, 0.1) is 18.8 Å². The highest BCUT2D eigenvalue weighted by Gasteiger charge is 2.41. The van der Waals surface area contributed by atoms with Crippen molar-refractivity contribution in [3.63, 3.8) is 0 Å². The summed E-state index contributed by atoms with van der Waals surface area (Å²) in [5.74, 6) is -2.39. The maximum absolute atomic E-state index is 13.3. The van der Waals surface area contributed by atoms with Gasteiger partial charge in [0.05, 0.1) is 17.7 Å². The molecule has 1 amide bonds. The Bertz CT molecular complexity index is 1230. The van der Waals surface area contributed by atoms with Crippen molar-refractivity contribution in [2.75, 3.05) is 6.54 Å². The molecule has 1 fully saturated rings. The van der Waals surface area contributed by atoms with Gasteiger partial charge in [0.25, 0.3) is 5.91 Å². The number of carbonyl (C=O) groups is 1. The van der Waals surface area contributed by atoms with E-state index in [1.54, 1.807) is 13.8 Å². The van der Waals surface area contributed by atoms with E-state index in [0.29, 0.717) is 30.5 Å². The lowest BCUT2D eigenvalue weighted by Crippen LogP contribution is -2.54. The predicted molar refractivity (Wildman–Crippen MR) is 139 cm³/mol. The fraction of sp³-hybridized carbons (Fsp3) is 0.615. The lowest BCUT2D eigenvalue weighted by atomic mass is 9.77. The van der Waals surface area contributed by atoms with Crippen LogP contribution in [0.4, 0.5) is 22.0 Å². The number of nitrogens with zero attached hydrogens (tertiary/aromatic N) is 2. The second-order valence-electron chi connectivity index (χ2n) is 10.2. The highest BCUT2D eigenvalue weighted by atomic mass is 32.1. The first-order valence-corrected chi connectivity index (χ1v) is 13.6. The number of alkyl halides is 5. The fourth-order valence-corrected chi connectivity index (χ4v) is 4.79. The molecule has 0 bridgehead atoms. The van der Waals surface area contributed by atoms with E-state index in [-0.39, 0.29) is 41.6 Å². The second kappa shape index (κ2) is 14.3. The van der Waals surface area contributed by atoms with E-state index in [1.807, 2.05) is 6.92 Å². The zero-order valence-electron chi connectivity index (χ0n) is 23.0. The Kier molecular flexibility index (Phi) is 12.0. The molecule has 1 saturated carbocycles. The molecular weight excluding hydrogens is 577 g/mol. The number of hydrogen-bond acceptors (Lipinski definition) is 7. The Morgan fingerprint density at radius 1 is 1.32 bits per heavy atom. The average molecular weight is 612 g/mol. The number of aromatic nitrogens is 2. The molecule has 1 aliphatic carbocycles. The molecule has 3 rings (SSSR count). The van der Waals surface area contributed by atoms with E-state index in [0.717, 1.165) is 13.0 Å². The number of aryl methyl sites for hydroxylation is 1. The van der Waals surface area contributed by atoms with Crippen LogP contribution in [0.2, 0.25) is 0 Å². The first-order chi connectivity index (χ1) is 19.1. The lowest BCUT2D eigenvalue weighted by Gasteiger charge is -2.39. The van der Waals surface area contributed by atoms with Crippen LogP contribution in [0.5, 0.6) is 5.75 Å². The Balaban J connectivity index is 0.00000187. The first kappa shape index (κ1) is 34.3. The largest absolute Gasteiger partial charge is 0.434 e. The number of benzene rings is 1. The number of aliphatic hydroxyl groups excluding tert-OH is 1. The van der Waals surface area contributed by atoms with E-state index in [2.05, 4.69) is 15.2 Å². The SMILES string of the molecule is CCn1nc(C(=O)NC[C@@]2(O)CC[C@H](C)C[C@@H]2O)c(C)c1-c1ccc(C[C@H](C)C(F)(F)F)cc1OC(F)F.O=S=O. The fourth-order valence-electron chi connectivity index (χ4n) is 4.79. The molecule has 4 atom stereocenters. The summed E-state index contributed by atoms with van der Waals surface area (Å²) in [4.78, 5) is 13.0. The van der Waals surface area contributed by atoms with Crippen LogP contribution >= 0.6 is 0 Å². The second-order valence-corrected chi connectivity index (χ2v) is 10.4. The van der Waals surface area contributed by atoms with Crippen molar-refractivity contribution in [2.24, 2.45) is 11.8 Å². The van der Waals surface area contributed by atoms with Crippen LogP contribution in [0.3, 0.4) is 0 Å². The predicted octanol–water partition coefficient (Wildman–Crippen LogP) is 4.19. The van der Waals surface area contributed by atoms with E-state index in [1.165, 1.54) is 16.8 Å². The summed E-state index contributed by atoms with van der Waals surface area (Å²) in [7, 11) is 0. The Morgan fingerprint density at radius 2 is 1.95 bits per heavy atom. The van der Waals surface area contributed by atoms with Gasteiger partial charge in [0.15, 0.2) is 5.69 Å². The van der Waals surface area contributed by atoms with Crippen LogP contribution in [-0.4, -0.2) is 65.4 Å². The third-order valence-electron chi connectivity index (χ3n) is 7.19. The third-order valence-corrected chi connectivity index (χ3v) is 7.19. The maximum Gasteiger partial charge on any atom is 0.391 e. The molecule has 41 heavy (non-hydrogen) atoms. The van der Waals surface area contributed by atoms with Gasteiger partial charge in [0.1, 0.15) is 11.4 Å². The van der Waals surface area contributed by atoms with Gasteiger partial charge in [-0.3, -0.25) is 9.48 Å². The number of nitrogens with one attached hydrogen (secondary N) is 1. The molecule has 0 unspecified atom stereocenters. The van der Waals surface area contributed by atoms with Gasteiger partial charge >= 0.3 is 24.4 Å². The Hall–Kier alpha value is -2.91. The summed E-state index contributed by atoms with van der Waals surface area (Å²) in [5, 5.41) is 28.1. The number of amides is 1. The summed E-state index contributed by atoms with van der Waals surface area (Å²) < 4.78 is 88.3. The molecule has 1 aromatic carbocycles. The molecule has 1 aliphatic rings. The first-order valence-electron chi connectivity index (χ1n) is 12.9. The van der Waals surface area contributed by atoms with Crippen LogP contribution in [0.15, 0.2) is 18.2 Å². The molecule has 1 heterocycles. The zero-order valence-corrected chi connectivity index (χ0v) is 23.8. The van der Waals surface area contributed by atoms with Gasteiger partial charge in [-0.1, -0.05) is 19.9 Å². The molecule has 0 radical (unpaired) electrons. The summed E-state index contributed by atoms with van der Waals surface area (Å²) >= 11 is -0.750. The maximum atomic E-state index is 13.3. The highest BCUT2D eigenvalue weighted by molar-refractivity contribution is 7.51. The van der Waals surface area contributed by atoms with Crippen molar-refractivity contribution in [1.29, 1.82) is 0 Å². The molecule has 230 valence electrons. The van der Waals surface area contributed by atoms with Crippen LogP contribution < -0.4 is 10.1 Å². The van der Waals surface area contributed by atoms with Gasteiger partial charge < -0.3 is 20.3 Å². The molecule has 9 nitrogen and oxygen atoms in total. The van der Waals surface area contributed by atoms with Crippen molar-refractivity contribution in [1.82, 2.24) is 15.1 Å². The van der Waals surface area contributed by atoms with Crippen molar-refractivity contribution in [3.05, 3.63) is 35.0 Å². The van der Waals surface area contributed by atoms with E-state index in [9.17, 15) is 37.0 Å². The van der Waals surface area contributed by atoms with Crippen molar-refractivity contribution in [2.45, 2.75) is 84.4 Å². The van der Waals surface area contributed by atoms with Gasteiger partial charge in [-0.15, -0.1) is 0 Å². The normalized spacial score (nSPS) is 21.6. The average Bonchev–Trinajstić information content (AvgIpc) is 3.21. The number of halogens is 5. The molecule has 1 aromatic heterocycles. The standard InChI is InChI=1S/C26H34F5N3O4.O2S/c1-5-34-22(18-7-6-17(11-15(3)26(29,30)31)12-19(18)38-24(27)28)16(4)21(33-34)23(36)32-13-25(37)9-8-14(2)10-20(25)35;1-3-2/h6-7,12,14-15,20,24,35,37H,5,8-11,13H2,1-4H3,(H,32,36);/t14-,15-,20-,25-;/m0./s1. The Labute approximate surface area is 237 Å². The molecular formula is C26H34F5N3O6S. The van der Waals surface area contributed by atoms with Gasteiger partial charge in [0.2, 0.25) is 0 Å². The van der Waals surface area contributed by atoms with E-state index >= 15 is 0 Å². The zero-order chi connectivity index (χ0) is 31.1. The molecule has 0 aliphatic heterocycles. The number of ether oxygens (including phenoxy) is 1. The van der Waals surface area contributed by atoms with Gasteiger partial charge in [-0.25, -0.2) is 0 Å². The summed E-state index contributed by atoms with van der Waals surface area (Å²) in [6, 6.07) is 3.94. The molecule has 2 aromatic rings. The van der Waals surface area contributed by atoms with E-state index < -0.39 is 54.3 Å². The Morgan fingerprint density at radius 3 is 2.49 bits per heavy atom. The summed E-state index contributed by atoms with van der Waals surface area (Å²) in [6.07, 6.45) is -4.44. The van der Waals surface area contributed by atoms with Crippen LogP contribution in [0.1, 0.15) is 61.6 Å². The monoisotopic (exact) mass is 611 g/mol. The minimum absolute atomic E-state index is 0.0121. The van der Waals surface area contributed by atoms with E-state index in [4.69, 9.17) is 8.42 Å². The smallest absolute Gasteiger partial charge is 0.391 e. The number of hydrogen-bond donors (Lipinski definition) is 3. The van der Waals surface area contributed by atoms with Gasteiger partial charge in [-0.2, -0.15) is 35.5 Å². The number of rotatable bonds is 9. The highest BCUT2D eigenvalue weighted by Crippen LogP contribution is 2.37. The molecule has 3 N–H and O–H groups in total. The summed E-state index contributed by atoms with van der Waals surface area (Å²) in [5.41, 5.74) is -0.537. The van der Waals surface area contributed by atoms with Crippen LogP contribution in [0.25, 0.3) is 11.3 Å². The molecule has 0 saturated heterocycles. The summed E-state index contributed by atoms with van der Waals surface area (Å²) in [6.45, 7) is 3.11. The van der Waals surface area contributed by atoms with Gasteiger partial charge in [-0.05, 0) is 63.1 Å². The topological polar surface area (TPSA) is 131 Å². The third kappa shape index (κ3) is 8.79. The van der Waals surface area contributed by atoms with Gasteiger partial charge in [0, 0.05) is 24.2 Å². The minimum Gasteiger partial charge on any atom is -0.434 e. The van der Waals surface area contributed by atoms with Crippen molar-refractivity contribution in [3.8, 4) is 17.0 Å². The van der Waals surface area contributed by atoms with Crippen LogP contribution in [-0.2, 0) is 24.5 Å².